The maximum atomic E-state index is 6.79. The highest BCUT2D eigenvalue weighted by Crippen LogP contribution is 2.30. The minimum absolute atomic E-state index is 0.792. The fourth-order valence-corrected chi connectivity index (χ4v) is 4.30. The molecular formula is C25H15Cl2N5. The zero-order valence-corrected chi connectivity index (χ0v) is 18.2. The highest BCUT2D eigenvalue weighted by Gasteiger charge is 2.11. The highest BCUT2D eigenvalue weighted by molar-refractivity contribution is 6.21. The highest BCUT2D eigenvalue weighted by atomic mass is 35.5. The molecular weight excluding hydrogens is 441 g/mol. The second kappa shape index (κ2) is 7.48. The summed E-state index contributed by atoms with van der Waals surface area (Å²) in [7, 11) is 0. The van der Waals surface area contributed by atoms with E-state index >= 15 is 0 Å². The number of halogens is 2. The molecule has 0 unspecified atom stereocenters. The van der Waals surface area contributed by atoms with Gasteiger partial charge in [-0.05, 0) is 78.9 Å². The van der Waals surface area contributed by atoms with E-state index in [4.69, 9.17) is 33.5 Å². The Balaban J connectivity index is 1.74. The van der Waals surface area contributed by atoms with E-state index < -0.39 is 0 Å². The number of rotatable bonds is 1. The third-order valence-electron chi connectivity index (χ3n) is 5.36. The van der Waals surface area contributed by atoms with Gasteiger partial charge in [-0.2, -0.15) is 0 Å². The molecule has 4 aromatic heterocycles. The molecule has 6 heterocycles. The molecule has 0 radical (unpaired) electrons. The smallest absolute Gasteiger partial charge is 0.0724 e. The van der Waals surface area contributed by atoms with Crippen LogP contribution in [-0.4, -0.2) is 23.1 Å². The van der Waals surface area contributed by atoms with E-state index in [1.807, 2.05) is 85.0 Å². The van der Waals surface area contributed by atoms with Gasteiger partial charge in [-0.15, -0.1) is 0 Å². The van der Waals surface area contributed by atoms with E-state index in [1.165, 1.54) is 0 Å². The lowest BCUT2D eigenvalue weighted by Gasteiger charge is -1.98. The molecule has 7 heteroatoms. The molecule has 0 amide bonds. The second-order valence-electron chi connectivity index (χ2n) is 7.49. The van der Waals surface area contributed by atoms with Gasteiger partial charge in [0.1, 0.15) is 0 Å². The first kappa shape index (κ1) is 19.0. The standard InChI is InChI=1S/C25H15Cl2N5/c26-31-20-8-9-21(31)12-17-6-7-19(30-17)14-25-23(24-3-1-2-10-28-24)15-22(32(25)27)13-18-5-4-16(11-20)29-18/h1-15H. The molecule has 0 saturated carbocycles. The van der Waals surface area contributed by atoms with Gasteiger partial charge in [-0.25, -0.2) is 9.97 Å². The van der Waals surface area contributed by atoms with Crippen molar-refractivity contribution in [1.82, 2.24) is 23.1 Å². The van der Waals surface area contributed by atoms with Crippen LogP contribution in [0, 0.1) is 0 Å². The Bertz CT molecular complexity index is 1590. The van der Waals surface area contributed by atoms with Crippen LogP contribution in [0.2, 0.25) is 0 Å². The normalized spacial score (nSPS) is 12.4. The molecule has 5 nitrogen and oxygen atoms in total. The SMILES string of the molecule is Cln1c2ccc1cc1nc(cc3c(-c4ccccn4)cc(cc4nc(c2)C=C4)n3Cl)C=C1. The van der Waals surface area contributed by atoms with Gasteiger partial charge in [-0.3, -0.25) is 13.2 Å². The Morgan fingerprint density at radius 3 is 1.78 bits per heavy atom. The van der Waals surface area contributed by atoms with Crippen LogP contribution < -0.4 is 0 Å². The third-order valence-corrected chi connectivity index (χ3v) is 6.13. The number of nitrogens with zero attached hydrogens (tertiary/aromatic N) is 5. The van der Waals surface area contributed by atoms with Crippen LogP contribution in [0.25, 0.3) is 57.6 Å². The molecule has 2 aliphatic heterocycles. The number of pyridine rings is 1. The molecule has 2 aliphatic rings. The number of fused-ring (bicyclic) bond motifs is 8. The molecule has 0 fully saturated rings. The molecule has 0 aromatic carbocycles. The van der Waals surface area contributed by atoms with Crippen molar-refractivity contribution in [3.8, 4) is 11.3 Å². The molecule has 0 N–H and O–H groups in total. The first-order chi connectivity index (χ1) is 15.6. The summed E-state index contributed by atoms with van der Waals surface area (Å²) >= 11 is 13.3. The van der Waals surface area contributed by atoms with E-state index in [9.17, 15) is 0 Å². The lowest BCUT2D eigenvalue weighted by atomic mass is 10.1. The Labute approximate surface area is 193 Å². The van der Waals surface area contributed by atoms with Gasteiger partial charge >= 0.3 is 0 Å². The van der Waals surface area contributed by atoms with Crippen molar-refractivity contribution in [3.63, 3.8) is 0 Å². The minimum Gasteiger partial charge on any atom is -0.256 e. The number of hydrogen-bond donors (Lipinski definition) is 0. The Morgan fingerprint density at radius 1 is 0.594 bits per heavy atom. The fourth-order valence-electron chi connectivity index (χ4n) is 3.85. The van der Waals surface area contributed by atoms with Crippen LogP contribution in [0.1, 0.15) is 22.8 Å². The summed E-state index contributed by atoms with van der Waals surface area (Å²) in [6, 6.07) is 19.5. The minimum atomic E-state index is 0.792. The Morgan fingerprint density at radius 2 is 1.19 bits per heavy atom. The van der Waals surface area contributed by atoms with Gasteiger partial charge in [-0.1, -0.05) is 6.07 Å². The fraction of sp³-hybridized carbons (Fsp3) is 0. The van der Waals surface area contributed by atoms with Crippen molar-refractivity contribution in [2.75, 3.05) is 0 Å². The van der Waals surface area contributed by atoms with Gasteiger partial charge < -0.3 is 0 Å². The van der Waals surface area contributed by atoms with Gasteiger partial charge in [0.05, 0.1) is 50.5 Å². The molecule has 8 bridgehead atoms. The van der Waals surface area contributed by atoms with E-state index in [2.05, 4.69) is 4.98 Å². The van der Waals surface area contributed by atoms with E-state index in [1.54, 1.807) is 14.4 Å². The van der Waals surface area contributed by atoms with Crippen LogP contribution in [0.15, 0.2) is 66.9 Å². The first-order valence-electron chi connectivity index (χ1n) is 10.0. The maximum Gasteiger partial charge on any atom is 0.0724 e. The van der Waals surface area contributed by atoms with Crippen LogP contribution in [0.3, 0.4) is 0 Å². The quantitative estimate of drug-likeness (QED) is 0.278. The zero-order valence-electron chi connectivity index (χ0n) is 16.7. The van der Waals surface area contributed by atoms with Crippen molar-refractivity contribution < 1.29 is 0 Å². The Kier molecular flexibility index (Phi) is 4.45. The summed E-state index contributed by atoms with van der Waals surface area (Å²) in [5.41, 5.74) is 8.25. The van der Waals surface area contributed by atoms with Crippen LogP contribution in [-0.2, 0) is 0 Å². The van der Waals surface area contributed by atoms with E-state index in [-0.39, 0.29) is 0 Å². The lowest BCUT2D eigenvalue weighted by molar-refractivity contribution is 1.29. The van der Waals surface area contributed by atoms with Crippen LogP contribution in [0.4, 0.5) is 0 Å². The second-order valence-corrected chi connectivity index (χ2v) is 8.17. The van der Waals surface area contributed by atoms with Crippen LogP contribution >= 0.6 is 23.6 Å². The first-order valence-corrected chi connectivity index (χ1v) is 10.7. The zero-order chi connectivity index (χ0) is 21.7. The third kappa shape index (κ3) is 3.32. The topological polar surface area (TPSA) is 48.5 Å². The molecule has 0 saturated heterocycles. The largest absolute Gasteiger partial charge is 0.256 e. The van der Waals surface area contributed by atoms with Crippen molar-refractivity contribution in [2.24, 2.45) is 0 Å². The van der Waals surface area contributed by atoms with Crippen molar-refractivity contribution in [3.05, 3.63) is 89.6 Å². The number of hydrogen-bond acceptors (Lipinski definition) is 3. The van der Waals surface area contributed by atoms with Crippen molar-refractivity contribution in [1.29, 1.82) is 0 Å². The molecule has 4 aromatic rings. The molecule has 0 spiro atoms. The number of aromatic nitrogens is 5. The maximum absolute atomic E-state index is 6.79. The van der Waals surface area contributed by atoms with Gasteiger partial charge in [0.25, 0.3) is 0 Å². The molecule has 0 aliphatic carbocycles. The molecule has 6 rings (SSSR count). The van der Waals surface area contributed by atoms with Gasteiger partial charge in [0, 0.05) is 35.3 Å². The van der Waals surface area contributed by atoms with Crippen molar-refractivity contribution in [2.45, 2.75) is 0 Å². The van der Waals surface area contributed by atoms with Gasteiger partial charge in [0.15, 0.2) is 0 Å². The molecule has 154 valence electrons. The monoisotopic (exact) mass is 455 g/mol. The van der Waals surface area contributed by atoms with Crippen molar-refractivity contribution >= 4 is 69.9 Å². The molecule has 0 atom stereocenters. The lowest BCUT2D eigenvalue weighted by Crippen LogP contribution is -1.84. The predicted molar refractivity (Wildman–Crippen MR) is 132 cm³/mol. The summed E-state index contributed by atoms with van der Waals surface area (Å²) in [6.07, 6.45) is 9.59. The van der Waals surface area contributed by atoms with E-state index in [0.717, 1.165) is 56.1 Å². The average molecular weight is 456 g/mol. The van der Waals surface area contributed by atoms with E-state index in [0.29, 0.717) is 0 Å². The predicted octanol–water partition coefficient (Wildman–Crippen LogP) is 6.67. The summed E-state index contributed by atoms with van der Waals surface area (Å²) in [5.74, 6) is 0. The average Bonchev–Trinajstić information content (AvgIpc) is 3.57. The summed E-state index contributed by atoms with van der Waals surface area (Å²) in [6.45, 7) is 0. The van der Waals surface area contributed by atoms with Gasteiger partial charge in [0.2, 0.25) is 0 Å². The Hall–Kier alpha value is -3.67. The summed E-state index contributed by atoms with van der Waals surface area (Å²) in [4.78, 5) is 13.9. The summed E-state index contributed by atoms with van der Waals surface area (Å²) < 4.78 is 3.23. The van der Waals surface area contributed by atoms with Crippen LogP contribution in [0.5, 0.6) is 0 Å². The summed E-state index contributed by atoms with van der Waals surface area (Å²) in [5, 5.41) is 0. The molecule has 32 heavy (non-hydrogen) atoms.